The number of rotatable bonds is 6. The van der Waals surface area contributed by atoms with E-state index in [-0.39, 0.29) is 35.4 Å². The number of nitrogens with one attached hydrogen (secondary N) is 1. The first-order valence-electron chi connectivity index (χ1n) is 11.0. The Balaban J connectivity index is 1.46. The molecule has 4 rings (SSSR count). The fourth-order valence-corrected chi connectivity index (χ4v) is 5.89. The molecule has 2 aliphatic rings. The van der Waals surface area contributed by atoms with Gasteiger partial charge in [0.05, 0.1) is 16.0 Å². The van der Waals surface area contributed by atoms with Crippen LogP contribution in [0.3, 0.4) is 0 Å². The molecule has 0 atom stereocenters. The first-order valence-corrected chi connectivity index (χ1v) is 12.5. The molecular formula is C24H27N3O5S. The van der Waals surface area contributed by atoms with Crippen LogP contribution in [-0.4, -0.2) is 44.6 Å². The number of carbonyl (C=O) groups excluding carboxylic acids is 3. The van der Waals surface area contributed by atoms with E-state index in [2.05, 4.69) is 5.32 Å². The van der Waals surface area contributed by atoms with E-state index in [0.29, 0.717) is 18.5 Å². The number of carbonyl (C=O) groups is 3. The third-order valence-electron chi connectivity index (χ3n) is 6.50. The topological polar surface area (TPSA) is 104 Å². The number of benzene rings is 2. The van der Waals surface area contributed by atoms with Gasteiger partial charge >= 0.3 is 0 Å². The number of likely N-dealkylation sites (tertiary alicyclic amines) is 1. The average Bonchev–Trinajstić information content (AvgIpc) is 3.03. The molecule has 1 aliphatic heterocycles. The van der Waals surface area contributed by atoms with Crippen molar-refractivity contribution in [2.75, 3.05) is 23.2 Å². The second-order valence-corrected chi connectivity index (χ2v) is 10.7. The summed E-state index contributed by atoms with van der Waals surface area (Å²) in [7, 11) is -2.39. The number of sulfonamides is 1. The summed E-state index contributed by atoms with van der Waals surface area (Å²) in [6.07, 6.45) is 4.42. The van der Waals surface area contributed by atoms with Crippen molar-refractivity contribution in [3.05, 3.63) is 54.6 Å². The molecule has 0 aromatic heterocycles. The molecule has 1 saturated carbocycles. The Bertz CT molecular complexity index is 1170. The maximum absolute atomic E-state index is 13.0. The number of anilines is 2. The van der Waals surface area contributed by atoms with Crippen LogP contribution in [0, 0.1) is 5.41 Å². The van der Waals surface area contributed by atoms with Crippen LogP contribution in [0.25, 0.3) is 0 Å². The lowest BCUT2D eigenvalue weighted by atomic mass is 9.73. The van der Waals surface area contributed by atoms with Crippen LogP contribution in [0.15, 0.2) is 59.5 Å². The number of imide groups is 1. The van der Waals surface area contributed by atoms with E-state index in [1.165, 1.54) is 29.6 Å². The molecule has 1 aliphatic carbocycles. The number of hydrogen-bond acceptors (Lipinski definition) is 5. The van der Waals surface area contributed by atoms with Crippen molar-refractivity contribution in [3.63, 3.8) is 0 Å². The molecule has 2 aromatic carbocycles. The van der Waals surface area contributed by atoms with E-state index in [1.807, 2.05) is 0 Å². The Morgan fingerprint density at radius 3 is 2.42 bits per heavy atom. The van der Waals surface area contributed by atoms with Gasteiger partial charge in [-0.15, -0.1) is 0 Å². The lowest BCUT2D eigenvalue weighted by Crippen LogP contribution is -2.41. The highest BCUT2D eigenvalue weighted by molar-refractivity contribution is 7.92. The minimum absolute atomic E-state index is 0.0149. The average molecular weight is 470 g/mol. The van der Waals surface area contributed by atoms with E-state index in [4.69, 9.17) is 0 Å². The van der Waals surface area contributed by atoms with Gasteiger partial charge in [0, 0.05) is 19.2 Å². The highest BCUT2D eigenvalue weighted by atomic mass is 32.2. The number of nitrogens with zero attached hydrogens (tertiary/aromatic N) is 2. The van der Waals surface area contributed by atoms with Gasteiger partial charge in [0.2, 0.25) is 17.7 Å². The predicted molar refractivity (Wildman–Crippen MR) is 124 cm³/mol. The van der Waals surface area contributed by atoms with Crippen molar-refractivity contribution in [2.45, 2.75) is 43.4 Å². The van der Waals surface area contributed by atoms with Crippen LogP contribution in [0.4, 0.5) is 11.4 Å². The van der Waals surface area contributed by atoms with Crippen molar-refractivity contribution in [1.82, 2.24) is 4.90 Å². The van der Waals surface area contributed by atoms with Crippen LogP contribution in [-0.2, 0) is 24.4 Å². The summed E-state index contributed by atoms with van der Waals surface area (Å²) in [5, 5.41) is 2.62. The fourth-order valence-electron chi connectivity index (χ4n) is 4.65. The summed E-state index contributed by atoms with van der Waals surface area (Å²) in [5.41, 5.74) is 0.134. The van der Waals surface area contributed by atoms with Gasteiger partial charge in [0.1, 0.15) is 6.54 Å². The maximum atomic E-state index is 13.0. The Kier molecular flexibility index (Phi) is 6.25. The summed E-state index contributed by atoms with van der Waals surface area (Å²) in [5.74, 6) is -1.13. The highest BCUT2D eigenvalue weighted by Gasteiger charge is 2.51. The van der Waals surface area contributed by atoms with Crippen LogP contribution in [0.1, 0.15) is 38.5 Å². The maximum Gasteiger partial charge on any atom is 0.264 e. The van der Waals surface area contributed by atoms with Crippen LogP contribution in [0.5, 0.6) is 0 Å². The van der Waals surface area contributed by atoms with Crippen molar-refractivity contribution in [1.29, 1.82) is 0 Å². The van der Waals surface area contributed by atoms with E-state index in [0.717, 1.165) is 24.2 Å². The zero-order valence-electron chi connectivity index (χ0n) is 18.5. The minimum atomic E-state index is -3.85. The molecule has 8 nitrogen and oxygen atoms in total. The van der Waals surface area contributed by atoms with Gasteiger partial charge in [-0.2, -0.15) is 0 Å². The molecular weight excluding hydrogens is 442 g/mol. The summed E-state index contributed by atoms with van der Waals surface area (Å²) in [6.45, 7) is -0.375. The van der Waals surface area contributed by atoms with Gasteiger partial charge in [0.25, 0.3) is 10.0 Å². The summed E-state index contributed by atoms with van der Waals surface area (Å²) in [4.78, 5) is 39.1. The molecule has 2 fully saturated rings. The second kappa shape index (κ2) is 8.97. The summed E-state index contributed by atoms with van der Waals surface area (Å²) < 4.78 is 27.2. The molecule has 1 N–H and O–H groups in total. The quantitative estimate of drug-likeness (QED) is 0.655. The van der Waals surface area contributed by atoms with E-state index in [9.17, 15) is 22.8 Å². The molecule has 0 bridgehead atoms. The van der Waals surface area contributed by atoms with Gasteiger partial charge < -0.3 is 5.32 Å². The monoisotopic (exact) mass is 469 g/mol. The molecule has 174 valence electrons. The third kappa shape index (κ3) is 4.50. The van der Waals surface area contributed by atoms with Crippen LogP contribution >= 0.6 is 0 Å². The van der Waals surface area contributed by atoms with E-state index < -0.39 is 21.3 Å². The Morgan fingerprint density at radius 2 is 1.73 bits per heavy atom. The molecule has 9 heteroatoms. The van der Waals surface area contributed by atoms with Crippen molar-refractivity contribution < 1.29 is 22.8 Å². The minimum Gasteiger partial charge on any atom is -0.324 e. The number of para-hydroxylation sites is 1. The summed E-state index contributed by atoms with van der Waals surface area (Å²) in [6, 6.07) is 14.6. The largest absolute Gasteiger partial charge is 0.324 e. The second-order valence-electron chi connectivity index (χ2n) is 8.69. The first kappa shape index (κ1) is 23.0. The number of hydrogen-bond donors (Lipinski definition) is 1. The first-order chi connectivity index (χ1) is 15.7. The molecule has 0 radical (unpaired) electrons. The Morgan fingerprint density at radius 1 is 1.03 bits per heavy atom. The van der Waals surface area contributed by atoms with Gasteiger partial charge in [0.15, 0.2) is 0 Å². The smallest absolute Gasteiger partial charge is 0.264 e. The molecule has 1 heterocycles. The Hall–Kier alpha value is -3.20. The standard InChI is InChI=1S/C24H27N3O5S/c1-26(19-10-4-2-5-11-19)33(31,32)20-12-8-9-18(15-20)25-21(28)17-27-22(29)16-24(23(27)30)13-6-3-7-14-24/h2,4-5,8-12,15H,3,6-7,13-14,16-17H2,1H3,(H,25,28). The Labute approximate surface area is 193 Å². The van der Waals surface area contributed by atoms with E-state index in [1.54, 1.807) is 36.4 Å². The molecule has 1 saturated heterocycles. The molecule has 0 unspecified atom stereocenters. The predicted octanol–water partition coefficient (Wildman–Crippen LogP) is 3.16. The molecule has 3 amide bonds. The third-order valence-corrected chi connectivity index (χ3v) is 8.28. The lowest BCUT2D eigenvalue weighted by molar-refractivity contribution is -0.144. The van der Waals surface area contributed by atoms with Gasteiger partial charge in [-0.25, -0.2) is 8.42 Å². The van der Waals surface area contributed by atoms with E-state index >= 15 is 0 Å². The zero-order valence-corrected chi connectivity index (χ0v) is 19.3. The molecule has 2 aromatic rings. The van der Waals surface area contributed by atoms with Crippen LogP contribution < -0.4 is 9.62 Å². The van der Waals surface area contributed by atoms with Crippen molar-refractivity contribution in [2.24, 2.45) is 5.41 Å². The number of amides is 3. The van der Waals surface area contributed by atoms with Crippen LogP contribution in [0.2, 0.25) is 0 Å². The van der Waals surface area contributed by atoms with Gasteiger partial charge in [-0.05, 0) is 43.2 Å². The fraction of sp³-hybridized carbons (Fsp3) is 0.375. The lowest BCUT2D eigenvalue weighted by Gasteiger charge is -2.30. The van der Waals surface area contributed by atoms with Gasteiger partial charge in [-0.3, -0.25) is 23.6 Å². The highest BCUT2D eigenvalue weighted by Crippen LogP contribution is 2.45. The summed E-state index contributed by atoms with van der Waals surface area (Å²) >= 11 is 0. The SMILES string of the molecule is CN(c1ccccc1)S(=O)(=O)c1cccc(NC(=O)CN2C(=O)CC3(CCCCC3)C2=O)c1. The van der Waals surface area contributed by atoms with Crippen molar-refractivity contribution in [3.8, 4) is 0 Å². The van der Waals surface area contributed by atoms with Crippen molar-refractivity contribution >= 4 is 39.1 Å². The van der Waals surface area contributed by atoms with Gasteiger partial charge in [-0.1, -0.05) is 43.5 Å². The normalized spacial score (nSPS) is 17.9. The molecule has 1 spiro atoms. The zero-order chi connectivity index (χ0) is 23.6. The molecule has 33 heavy (non-hydrogen) atoms.